The van der Waals surface area contributed by atoms with Gasteiger partial charge in [0.2, 0.25) is 5.91 Å². The fourth-order valence-electron chi connectivity index (χ4n) is 3.25. The number of thiophene rings is 1. The lowest BCUT2D eigenvalue weighted by Crippen LogP contribution is -2.27. The Bertz CT molecular complexity index is 1330. The first-order valence-corrected chi connectivity index (χ1v) is 10.3. The SMILES string of the molecule is Cc1ccc(-c2c(C)sc3ncn(CC(=O)Nc4ccc(F)c(Cl)c4)c(=O)c23)cc1. The molecule has 0 fully saturated rings. The van der Waals surface area contributed by atoms with Gasteiger partial charge in [-0.25, -0.2) is 9.37 Å². The van der Waals surface area contributed by atoms with Crippen molar-refractivity contribution in [1.29, 1.82) is 0 Å². The minimum absolute atomic E-state index is 0.0930. The van der Waals surface area contributed by atoms with Crippen LogP contribution in [0.3, 0.4) is 0 Å². The van der Waals surface area contributed by atoms with Crippen molar-refractivity contribution in [1.82, 2.24) is 9.55 Å². The van der Waals surface area contributed by atoms with Gasteiger partial charge in [0, 0.05) is 16.1 Å². The summed E-state index contributed by atoms with van der Waals surface area (Å²) in [6, 6.07) is 11.8. The maximum atomic E-state index is 13.3. The van der Waals surface area contributed by atoms with Gasteiger partial charge >= 0.3 is 0 Å². The van der Waals surface area contributed by atoms with Gasteiger partial charge in [-0.3, -0.25) is 14.2 Å². The summed E-state index contributed by atoms with van der Waals surface area (Å²) in [4.78, 5) is 31.6. The highest BCUT2D eigenvalue weighted by Crippen LogP contribution is 2.35. The van der Waals surface area contributed by atoms with E-state index in [9.17, 15) is 14.0 Å². The third kappa shape index (κ3) is 3.86. The Morgan fingerprint density at radius 1 is 1.20 bits per heavy atom. The second-order valence-electron chi connectivity index (χ2n) is 6.93. The van der Waals surface area contributed by atoms with E-state index in [1.807, 2.05) is 38.1 Å². The smallest absolute Gasteiger partial charge is 0.263 e. The third-order valence-corrected chi connectivity index (χ3v) is 6.02. The zero-order chi connectivity index (χ0) is 21.4. The fourth-order valence-corrected chi connectivity index (χ4v) is 4.43. The van der Waals surface area contributed by atoms with E-state index in [-0.39, 0.29) is 17.1 Å². The standard InChI is InChI=1S/C22H17ClFN3O2S/c1-12-3-5-14(6-4-12)19-13(2)30-21-20(19)22(29)27(11-25-21)10-18(28)26-15-7-8-17(24)16(23)9-15/h3-9,11H,10H2,1-2H3,(H,26,28). The average Bonchev–Trinajstić information content (AvgIpc) is 3.04. The number of nitrogens with zero attached hydrogens (tertiary/aromatic N) is 2. The molecule has 0 spiro atoms. The molecule has 0 unspecified atom stereocenters. The molecule has 0 aliphatic heterocycles. The number of aromatic nitrogens is 2. The van der Waals surface area contributed by atoms with Crippen LogP contribution in [0.15, 0.2) is 53.6 Å². The van der Waals surface area contributed by atoms with E-state index in [4.69, 9.17) is 11.6 Å². The molecule has 5 nitrogen and oxygen atoms in total. The molecule has 0 saturated heterocycles. The molecule has 0 radical (unpaired) electrons. The molecule has 4 aromatic rings. The molecule has 0 aliphatic carbocycles. The molecule has 1 N–H and O–H groups in total. The molecule has 0 aliphatic rings. The zero-order valence-corrected chi connectivity index (χ0v) is 17.8. The molecule has 30 heavy (non-hydrogen) atoms. The minimum atomic E-state index is -0.572. The molecule has 4 rings (SSSR count). The fraction of sp³-hybridized carbons (Fsp3) is 0.136. The van der Waals surface area contributed by atoms with E-state index in [1.165, 1.54) is 40.4 Å². The summed E-state index contributed by atoms with van der Waals surface area (Å²) in [7, 11) is 0. The van der Waals surface area contributed by atoms with Gasteiger partial charge in [-0.2, -0.15) is 0 Å². The summed E-state index contributed by atoms with van der Waals surface area (Å²) in [6.45, 7) is 3.74. The number of rotatable bonds is 4. The summed E-state index contributed by atoms with van der Waals surface area (Å²) in [5.41, 5.74) is 2.97. The maximum Gasteiger partial charge on any atom is 0.263 e. The number of nitrogens with one attached hydrogen (secondary N) is 1. The largest absolute Gasteiger partial charge is 0.324 e. The molecule has 2 aromatic carbocycles. The van der Waals surface area contributed by atoms with Crippen molar-refractivity contribution in [3.05, 3.63) is 80.4 Å². The number of anilines is 1. The van der Waals surface area contributed by atoms with Gasteiger partial charge in [0.25, 0.3) is 5.56 Å². The van der Waals surface area contributed by atoms with Crippen LogP contribution < -0.4 is 10.9 Å². The lowest BCUT2D eigenvalue weighted by atomic mass is 10.0. The molecular weight excluding hydrogens is 425 g/mol. The van der Waals surface area contributed by atoms with E-state index in [0.717, 1.165) is 21.6 Å². The van der Waals surface area contributed by atoms with Crippen molar-refractivity contribution in [3.8, 4) is 11.1 Å². The Balaban J connectivity index is 1.68. The van der Waals surface area contributed by atoms with Gasteiger partial charge in [-0.1, -0.05) is 41.4 Å². The van der Waals surface area contributed by atoms with Crippen molar-refractivity contribution in [2.24, 2.45) is 0 Å². The van der Waals surface area contributed by atoms with Crippen LogP contribution in [-0.4, -0.2) is 15.5 Å². The number of carbonyl (C=O) groups excluding carboxylic acids is 1. The molecule has 0 atom stereocenters. The van der Waals surface area contributed by atoms with Gasteiger partial charge in [-0.15, -0.1) is 11.3 Å². The second kappa shape index (κ2) is 8.01. The first-order chi connectivity index (χ1) is 14.3. The first-order valence-electron chi connectivity index (χ1n) is 9.14. The van der Waals surface area contributed by atoms with Crippen LogP contribution in [0, 0.1) is 19.7 Å². The normalized spacial score (nSPS) is 11.1. The van der Waals surface area contributed by atoms with Crippen LogP contribution >= 0.6 is 22.9 Å². The third-order valence-electron chi connectivity index (χ3n) is 4.71. The van der Waals surface area contributed by atoms with Gasteiger partial charge in [0.1, 0.15) is 17.2 Å². The molecular formula is C22H17ClFN3O2S. The van der Waals surface area contributed by atoms with Gasteiger partial charge < -0.3 is 5.32 Å². The second-order valence-corrected chi connectivity index (χ2v) is 8.54. The lowest BCUT2D eigenvalue weighted by Gasteiger charge is -2.08. The molecule has 0 saturated carbocycles. The summed E-state index contributed by atoms with van der Waals surface area (Å²) in [5.74, 6) is -1.01. The van der Waals surface area contributed by atoms with Crippen molar-refractivity contribution >= 4 is 44.7 Å². The number of carbonyl (C=O) groups is 1. The quantitative estimate of drug-likeness (QED) is 0.475. The van der Waals surface area contributed by atoms with Crippen molar-refractivity contribution < 1.29 is 9.18 Å². The summed E-state index contributed by atoms with van der Waals surface area (Å²) < 4.78 is 14.6. The summed E-state index contributed by atoms with van der Waals surface area (Å²) in [6.07, 6.45) is 1.37. The average molecular weight is 442 g/mol. The maximum absolute atomic E-state index is 13.3. The van der Waals surface area contributed by atoms with E-state index < -0.39 is 11.7 Å². The Hall–Kier alpha value is -3.03. The summed E-state index contributed by atoms with van der Waals surface area (Å²) >= 11 is 7.20. The Kier molecular flexibility index (Phi) is 5.40. The van der Waals surface area contributed by atoms with Crippen molar-refractivity contribution in [2.75, 3.05) is 5.32 Å². The Labute approximate surface area is 180 Å². The first kappa shape index (κ1) is 20.3. The predicted molar refractivity (Wildman–Crippen MR) is 119 cm³/mol. The Morgan fingerprint density at radius 3 is 2.63 bits per heavy atom. The highest BCUT2D eigenvalue weighted by atomic mass is 35.5. The predicted octanol–water partition coefficient (Wildman–Crippen LogP) is 5.17. The van der Waals surface area contributed by atoms with E-state index in [0.29, 0.717) is 15.9 Å². The van der Waals surface area contributed by atoms with E-state index in [1.54, 1.807) is 0 Å². The Morgan fingerprint density at radius 2 is 1.93 bits per heavy atom. The molecule has 2 aromatic heterocycles. The number of benzene rings is 2. The topological polar surface area (TPSA) is 64.0 Å². The van der Waals surface area contributed by atoms with Crippen LogP contribution in [0.4, 0.5) is 10.1 Å². The highest BCUT2D eigenvalue weighted by Gasteiger charge is 2.18. The van der Waals surface area contributed by atoms with Crippen LogP contribution in [-0.2, 0) is 11.3 Å². The van der Waals surface area contributed by atoms with Crippen LogP contribution in [0.2, 0.25) is 5.02 Å². The number of hydrogen-bond donors (Lipinski definition) is 1. The monoisotopic (exact) mass is 441 g/mol. The minimum Gasteiger partial charge on any atom is -0.324 e. The number of hydrogen-bond acceptors (Lipinski definition) is 4. The molecule has 2 heterocycles. The van der Waals surface area contributed by atoms with Crippen molar-refractivity contribution in [2.45, 2.75) is 20.4 Å². The zero-order valence-electron chi connectivity index (χ0n) is 16.2. The number of amides is 1. The van der Waals surface area contributed by atoms with Crippen LogP contribution in [0.5, 0.6) is 0 Å². The molecule has 8 heteroatoms. The van der Waals surface area contributed by atoms with Gasteiger partial charge in [0.05, 0.1) is 16.7 Å². The number of fused-ring (bicyclic) bond motifs is 1. The van der Waals surface area contributed by atoms with Crippen LogP contribution in [0.1, 0.15) is 10.4 Å². The molecule has 0 bridgehead atoms. The van der Waals surface area contributed by atoms with Gasteiger partial charge in [-0.05, 0) is 37.6 Å². The van der Waals surface area contributed by atoms with E-state index in [2.05, 4.69) is 10.3 Å². The lowest BCUT2D eigenvalue weighted by molar-refractivity contribution is -0.116. The number of aryl methyl sites for hydroxylation is 2. The van der Waals surface area contributed by atoms with Gasteiger partial charge in [0.15, 0.2) is 0 Å². The summed E-state index contributed by atoms with van der Waals surface area (Å²) in [5, 5.41) is 3.02. The van der Waals surface area contributed by atoms with Crippen LogP contribution in [0.25, 0.3) is 21.3 Å². The molecule has 152 valence electrons. The van der Waals surface area contributed by atoms with Crippen molar-refractivity contribution in [3.63, 3.8) is 0 Å². The van der Waals surface area contributed by atoms with E-state index >= 15 is 0 Å². The molecule has 1 amide bonds. The number of halogens is 2. The highest BCUT2D eigenvalue weighted by molar-refractivity contribution is 7.19.